The van der Waals surface area contributed by atoms with E-state index in [1.807, 2.05) is 11.5 Å². The van der Waals surface area contributed by atoms with E-state index in [0.717, 1.165) is 25.3 Å². The Hall–Kier alpha value is -1.42. The molecule has 0 saturated carbocycles. The molecule has 0 amide bonds. The van der Waals surface area contributed by atoms with Crippen LogP contribution in [0.25, 0.3) is 11.4 Å². The number of imidazole rings is 1. The van der Waals surface area contributed by atoms with Crippen molar-refractivity contribution < 1.29 is 4.39 Å². The molecule has 0 aliphatic carbocycles. The molecule has 2 aromatic rings. The van der Waals surface area contributed by atoms with Crippen LogP contribution in [-0.4, -0.2) is 49.5 Å². The Morgan fingerprint density at radius 3 is 2.79 bits per heavy atom. The van der Waals surface area contributed by atoms with Crippen LogP contribution in [0.3, 0.4) is 0 Å². The number of anilines is 1. The molecule has 1 aliphatic heterocycles. The summed E-state index contributed by atoms with van der Waals surface area (Å²) in [6, 6.07) is 0.191. The van der Waals surface area contributed by atoms with Gasteiger partial charge in [0.05, 0.1) is 0 Å². The molecule has 1 unspecified atom stereocenters. The van der Waals surface area contributed by atoms with Crippen molar-refractivity contribution in [3.8, 4) is 11.4 Å². The van der Waals surface area contributed by atoms with Gasteiger partial charge in [-0.15, -0.1) is 0 Å². The van der Waals surface area contributed by atoms with Gasteiger partial charge in [0.2, 0.25) is 0 Å². The number of aryl methyl sites for hydroxylation is 1. The molecule has 1 fully saturated rings. The van der Waals surface area contributed by atoms with Crippen LogP contribution in [0.15, 0.2) is 12.4 Å². The summed E-state index contributed by atoms with van der Waals surface area (Å²) in [4.78, 5) is 15.3. The minimum absolute atomic E-state index is 0.191. The average molecular weight is 391 g/mol. The van der Waals surface area contributed by atoms with Crippen molar-refractivity contribution in [1.82, 2.24) is 19.5 Å². The zero-order valence-corrected chi connectivity index (χ0v) is 16.3. The van der Waals surface area contributed by atoms with Gasteiger partial charge in [-0.05, 0) is 0 Å². The van der Waals surface area contributed by atoms with E-state index in [4.69, 9.17) is 0 Å². The van der Waals surface area contributed by atoms with Crippen molar-refractivity contribution in [1.29, 1.82) is 0 Å². The van der Waals surface area contributed by atoms with Crippen LogP contribution in [0.4, 0.5) is 10.3 Å². The second-order valence-corrected chi connectivity index (χ2v) is 8.15. The molecule has 1 aliphatic rings. The van der Waals surface area contributed by atoms with E-state index >= 15 is 0 Å². The van der Waals surface area contributed by atoms with Gasteiger partial charge in [0.15, 0.2) is 0 Å². The van der Waals surface area contributed by atoms with Crippen molar-refractivity contribution in [2.45, 2.75) is 50.8 Å². The molecule has 1 saturated heterocycles. The van der Waals surface area contributed by atoms with Crippen molar-refractivity contribution in [3.63, 3.8) is 0 Å². The first-order chi connectivity index (χ1) is 11.5. The van der Waals surface area contributed by atoms with Gasteiger partial charge in [0, 0.05) is 0 Å². The summed E-state index contributed by atoms with van der Waals surface area (Å²) >= 11 is 2.73. The summed E-state index contributed by atoms with van der Waals surface area (Å²) in [6.07, 6.45) is 6.52. The molecule has 128 valence electrons. The van der Waals surface area contributed by atoms with Crippen molar-refractivity contribution >= 4 is 22.8 Å². The van der Waals surface area contributed by atoms with E-state index in [-0.39, 0.29) is 6.04 Å². The maximum atomic E-state index is 14.4. The van der Waals surface area contributed by atoms with Crippen molar-refractivity contribution in [3.05, 3.63) is 24.0 Å². The van der Waals surface area contributed by atoms with Gasteiger partial charge in [-0.2, -0.15) is 0 Å². The Bertz CT molecular complexity index is 715. The van der Waals surface area contributed by atoms with Crippen LogP contribution in [0.5, 0.6) is 0 Å². The number of rotatable bonds is 3. The molecular weight excluding hydrogens is 368 g/mol. The van der Waals surface area contributed by atoms with Gasteiger partial charge in [-0.25, -0.2) is 0 Å². The minimum atomic E-state index is -0.404. The molecule has 2 aromatic heterocycles. The standard InChI is InChI=1S/C17H23AsFN5/c1-11(2)24-12(3)20-9-15(24)16-14(19)8-21-17(22-16)23-7-5-4-6-13(18)10-23/h8-9,11,13H,4-7,10H2,1-3H3. The van der Waals surface area contributed by atoms with Gasteiger partial charge >= 0.3 is 151 Å². The Morgan fingerprint density at radius 2 is 2.04 bits per heavy atom. The molecule has 1 atom stereocenters. The Kier molecular flexibility index (Phi) is 5.23. The quantitative estimate of drug-likeness (QED) is 0.754. The van der Waals surface area contributed by atoms with E-state index in [9.17, 15) is 4.39 Å². The number of hydrogen-bond acceptors (Lipinski definition) is 4. The fourth-order valence-electron chi connectivity index (χ4n) is 3.27. The molecule has 5 nitrogen and oxygen atoms in total. The normalized spacial score (nSPS) is 18.9. The first-order valence-electron chi connectivity index (χ1n) is 8.47. The number of hydrogen-bond donors (Lipinski definition) is 0. The topological polar surface area (TPSA) is 46.8 Å². The summed E-state index contributed by atoms with van der Waals surface area (Å²) in [7, 11) is 0. The molecule has 0 bridgehead atoms. The van der Waals surface area contributed by atoms with Gasteiger partial charge in [-0.3, -0.25) is 0 Å². The summed E-state index contributed by atoms with van der Waals surface area (Å²) in [5.74, 6) is 1.07. The predicted octanol–water partition coefficient (Wildman–Crippen LogP) is 3.32. The van der Waals surface area contributed by atoms with Crippen LogP contribution >= 0.6 is 0 Å². The molecule has 0 spiro atoms. The van der Waals surface area contributed by atoms with Crippen LogP contribution in [0.2, 0.25) is 4.71 Å². The third-order valence-electron chi connectivity index (χ3n) is 4.40. The molecular formula is C17H23AsFN5. The van der Waals surface area contributed by atoms with Crippen LogP contribution in [0.1, 0.15) is 45.0 Å². The first kappa shape index (κ1) is 17.4. The maximum absolute atomic E-state index is 14.4. The fraction of sp³-hybridized carbons (Fsp3) is 0.588. The Balaban J connectivity index is 2.01. The zero-order valence-electron chi connectivity index (χ0n) is 14.4. The Labute approximate surface area is 151 Å². The summed E-state index contributed by atoms with van der Waals surface area (Å²) in [5.41, 5.74) is 1.04. The second-order valence-electron chi connectivity index (χ2n) is 6.62. The molecule has 24 heavy (non-hydrogen) atoms. The molecule has 2 radical (unpaired) electrons. The van der Waals surface area contributed by atoms with Crippen molar-refractivity contribution in [2.75, 3.05) is 18.0 Å². The second kappa shape index (κ2) is 7.22. The van der Waals surface area contributed by atoms with E-state index in [1.165, 1.54) is 19.0 Å². The van der Waals surface area contributed by atoms with Gasteiger partial charge in [0.25, 0.3) is 0 Å². The van der Waals surface area contributed by atoms with E-state index in [0.29, 0.717) is 22.0 Å². The SMILES string of the molecule is Cc1ncc(-c2nc(N3CCCCC([As])C3)ncc2F)n1C(C)C. The van der Waals surface area contributed by atoms with Crippen LogP contribution < -0.4 is 4.90 Å². The third kappa shape index (κ3) is 3.48. The number of aromatic nitrogens is 4. The first-order valence-corrected chi connectivity index (χ1v) is 9.55. The molecule has 3 rings (SSSR count). The van der Waals surface area contributed by atoms with E-state index < -0.39 is 5.82 Å². The molecule has 7 heteroatoms. The summed E-state index contributed by atoms with van der Waals surface area (Å²) < 4.78 is 17.0. The fourth-order valence-corrected chi connectivity index (χ4v) is 4.07. The summed E-state index contributed by atoms with van der Waals surface area (Å²) in [5, 5.41) is 0. The van der Waals surface area contributed by atoms with E-state index in [1.54, 1.807) is 6.20 Å². The van der Waals surface area contributed by atoms with Crippen LogP contribution in [-0.2, 0) is 0 Å². The number of nitrogens with zero attached hydrogens (tertiary/aromatic N) is 5. The zero-order chi connectivity index (χ0) is 17.3. The summed E-state index contributed by atoms with van der Waals surface area (Å²) in [6.45, 7) is 7.87. The van der Waals surface area contributed by atoms with E-state index in [2.05, 4.69) is 50.6 Å². The van der Waals surface area contributed by atoms with Gasteiger partial charge in [0.1, 0.15) is 0 Å². The monoisotopic (exact) mass is 391 g/mol. The molecule has 3 heterocycles. The van der Waals surface area contributed by atoms with Crippen molar-refractivity contribution in [2.24, 2.45) is 0 Å². The third-order valence-corrected chi connectivity index (χ3v) is 5.29. The molecule has 0 aromatic carbocycles. The molecule has 0 N–H and O–H groups in total. The van der Waals surface area contributed by atoms with Gasteiger partial charge in [-0.1, -0.05) is 0 Å². The predicted molar refractivity (Wildman–Crippen MR) is 93.9 cm³/mol. The Morgan fingerprint density at radius 1 is 1.25 bits per heavy atom. The average Bonchev–Trinajstić information content (AvgIpc) is 2.78. The number of halogens is 1. The van der Waals surface area contributed by atoms with Crippen LogP contribution in [0, 0.1) is 12.7 Å². The van der Waals surface area contributed by atoms with Gasteiger partial charge < -0.3 is 0 Å².